The number of hydrogen-bond donors (Lipinski definition) is 3. The Balaban J connectivity index is 1.88. The van der Waals surface area contributed by atoms with Gasteiger partial charge in [0.25, 0.3) is 11.8 Å². The number of benzene rings is 1. The summed E-state index contributed by atoms with van der Waals surface area (Å²) in [6.45, 7) is 1.66. The Bertz CT molecular complexity index is 1050. The number of nitrogens with two attached hydrogens (primary N) is 1. The van der Waals surface area contributed by atoms with E-state index in [1.807, 2.05) is 0 Å². The van der Waals surface area contributed by atoms with E-state index in [9.17, 15) is 14.7 Å². The van der Waals surface area contributed by atoms with Crippen LogP contribution < -0.4 is 11.1 Å². The van der Waals surface area contributed by atoms with Crippen molar-refractivity contribution in [2.75, 3.05) is 39.2 Å². The molecule has 162 valence electrons. The van der Waals surface area contributed by atoms with Gasteiger partial charge in [-0.1, -0.05) is 24.0 Å². The number of nitrogens with zero attached hydrogens (tertiary/aromatic N) is 3. The summed E-state index contributed by atoms with van der Waals surface area (Å²) in [6.07, 6.45) is 1.03. The van der Waals surface area contributed by atoms with E-state index in [-0.39, 0.29) is 12.1 Å². The van der Waals surface area contributed by atoms with Crippen molar-refractivity contribution in [1.29, 1.82) is 0 Å². The first-order valence-electron chi connectivity index (χ1n) is 9.85. The smallest absolute Gasteiger partial charge is 0.267 e. The number of hydrogen-bond acceptors (Lipinski definition) is 7. The first-order valence-corrected chi connectivity index (χ1v) is 9.85. The Morgan fingerprint density at radius 2 is 2.19 bits per heavy atom. The summed E-state index contributed by atoms with van der Waals surface area (Å²) in [4.78, 5) is 34.0. The molecule has 1 atom stereocenters. The summed E-state index contributed by atoms with van der Waals surface area (Å²) >= 11 is 0. The van der Waals surface area contributed by atoms with Gasteiger partial charge in [-0.05, 0) is 18.6 Å². The average molecular weight is 423 g/mol. The Hall–Kier alpha value is -3.48. The van der Waals surface area contributed by atoms with E-state index in [0.717, 1.165) is 6.42 Å². The standard InChI is InChI=1S/C22H25N5O4/c1-27-11-9-22(30,21(27)29)8-7-15-5-3-6-16(13-15)20-25-17(19(23)28)14-18(26-20)24-10-4-12-31-2/h3,5-6,13-14,30H,4,9-12H2,1-2H3,(H2,23,28)(H,24,25,26)/t22-/m0/s1. The van der Waals surface area contributed by atoms with Crippen LogP contribution in [-0.4, -0.2) is 71.2 Å². The van der Waals surface area contributed by atoms with E-state index in [0.29, 0.717) is 42.5 Å². The second-order valence-corrected chi connectivity index (χ2v) is 7.27. The molecule has 2 aromatic rings. The van der Waals surface area contributed by atoms with Gasteiger partial charge in [-0.2, -0.15) is 0 Å². The summed E-state index contributed by atoms with van der Waals surface area (Å²) < 4.78 is 5.03. The molecule has 0 aliphatic carbocycles. The molecule has 0 unspecified atom stereocenters. The van der Waals surface area contributed by atoms with Crippen LogP contribution in [0.1, 0.15) is 28.9 Å². The van der Waals surface area contributed by atoms with Crippen molar-refractivity contribution >= 4 is 17.6 Å². The number of likely N-dealkylation sites (N-methyl/N-ethyl adjacent to an activating group) is 1. The lowest BCUT2D eigenvalue weighted by Gasteiger charge is -2.13. The molecule has 0 saturated carbocycles. The average Bonchev–Trinajstić information content (AvgIpc) is 3.03. The summed E-state index contributed by atoms with van der Waals surface area (Å²) in [5, 5.41) is 13.6. The molecule has 9 nitrogen and oxygen atoms in total. The Kier molecular flexibility index (Phi) is 6.84. The summed E-state index contributed by atoms with van der Waals surface area (Å²) in [7, 11) is 3.26. The molecule has 2 heterocycles. The van der Waals surface area contributed by atoms with Crippen molar-refractivity contribution in [2.24, 2.45) is 5.73 Å². The minimum atomic E-state index is -1.67. The van der Waals surface area contributed by atoms with Gasteiger partial charge in [-0.15, -0.1) is 0 Å². The molecular weight excluding hydrogens is 398 g/mol. The number of nitrogens with one attached hydrogen (secondary N) is 1. The molecule has 1 aromatic heterocycles. The molecule has 1 aromatic carbocycles. The van der Waals surface area contributed by atoms with E-state index in [1.54, 1.807) is 38.4 Å². The Labute approximate surface area is 180 Å². The zero-order valence-corrected chi connectivity index (χ0v) is 17.5. The van der Waals surface area contributed by atoms with Gasteiger partial charge in [0.2, 0.25) is 5.60 Å². The number of anilines is 1. The van der Waals surface area contributed by atoms with Gasteiger partial charge in [0.15, 0.2) is 5.82 Å². The number of carbonyl (C=O) groups excluding carboxylic acids is 2. The van der Waals surface area contributed by atoms with E-state index < -0.39 is 17.4 Å². The van der Waals surface area contributed by atoms with Crippen molar-refractivity contribution in [3.05, 3.63) is 41.6 Å². The zero-order valence-electron chi connectivity index (χ0n) is 17.5. The fraction of sp³-hybridized carbons (Fsp3) is 0.364. The molecule has 4 N–H and O–H groups in total. The van der Waals surface area contributed by atoms with Crippen LogP contribution in [0.2, 0.25) is 0 Å². The van der Waals surface area contributed by atoms with Crippen molar-refractivity contribution in [2.45, 2.75) is 18.4 Å². The highest BCUT2D eigenvalue weighted by atomic mass is 16.5. The molecule has 1 aliphatic heterocycles. The highest BCUT2D eigenvalue weighted by molar-refractivity contribution is 5.92. The maximum absolute atomic E-state index is 12.1. The van der Waals surface area contributed by atoms with Gasteiger partial charge in [0, 0.05) is 57.5 Å². The van der Waals surface area contributed by atoms with Crippen LogP contribution in [0.25, 0.3) is 11.4 Å². The third-order valence-electron chi connectivity index (χ3n) is 4.85. The van der Waals surface area contributed by atoms with Gasteiger partial charge >= 0.3 is 0 Å². The van der Waals surface area contributed by atoms with E-state index in [1.165, 1.54) is 11.0 Å². The molecule has 1 aliphatic rings. The van der Waals surface area contributed by atoms with Crippen molar-refractivity contribution in [3.63, 3.8) is 0 Å². The molecule has 0 radical (unpaired) electrons. The molecule has 0 bridgehead atoms. The summed E-state index contributed by atoms with van der Waals surface area (Å²) in [6, 6.07) is 8.53. The van der Waals surface area contributed by atoms with Crippen LogP contribution in [0, 0.1) is 11.8 Å². The van der Waals surface area contributed by atoms with Gasteiger partial charge in [0.05, 0.1) is 0 Å². The fourth-order valence-corrected chi connectivity index (χ4v) is 3.11. The lowest BCUT2D eigenvalue weighted by molar-refractivity contribution is -0.137. The number of methoxy groups -OCH3 is 1. The molecule has 1 fully saturated rings. The van der Waals surface area contributed by atoms with E-state index in [2.05, 4.69) is 27.1 Å². The van der Waals surface area contributed by atoms with Crippen LogP contribution in [0.5, 0.6) is 0 Å². The lowest BCUT2D eigenvalue weighted by Crippen LogP contribution is -2.37. The quantitative estimate of drug-likeness (QED) is 0.440. The van der Waals surface area contributed by atoms with Gasteiger partial charge in [-0.25, -0.2) is 9.97 Å². The van der Waals surface area contributed by atoms with Crippen molar-refractivity contribution in [1.82, 2.24) is 14.9 Å². The predicted octanol–water partition coefficient (Wildman–Crippen LogP) is 0.636. The molecule has 3 rings (SSSR count). The zero-order chi connectivity index (χ0) is 22.4. The van der Waals surface area contributed by atoms with Crippen LogP contribution in [0.15, 0.2) is 30.3 Å². The summed E-state index contributed by atoms with van der Waals surface area (Å²) in [5.74, 6) is 5.27. The molecular formula is C22H25N5O4. The molecule has 1 saturated heterocycles. The number of primary amides is 1. The maximum atomic E-state index is 12.1. The van der Waals surface area contributed by atoms with Crippen LogP contribution in [0.3, 0.4) is 0 Å². The number of carbonyl (C=O) groups is 2. The van der Waals surface area contributed by atoms with Crippen molar-refractivity contribution < 1.29 is 19.4 Å². The van der Waals surface area contributed by atoms with Gasteiger partial charge in [0.1, 0.15) is 11.5 Å². The monoisotopic (exact) mass is 423 g/mol. The number of ether oxygens (including phenoxy) is 1. The SMILES string of the molecule is COCCCNc1cc(C(N)=O)nc(-c2cccc(C#C[C@]3(O)CCN(C)C3=O)c2)n1. The highest BCUT2D eigenvalue weighted by Gasteiger charge is 2.42. The molecule has 9 heteroatoms. The highest BCUT2D eigenvalue weighted by Crippen LogP contribution is 2.22. The predicted molar refractivity (Wildman–Crippen MR) is 115 cm³/mol. The number of rotatable bonds is 7. The minimum absolute atomic E-state index is 0.0876. The van der Waals surface area contributed by atoms with E-state index in [4.69, 9.17) is 10.5 Å². The summed E-state index contributed by atoms with van der Waals surface area (Å²) in [5.41, 5.74) is 5.04. The Morgan fingerprint density at radius 3 is 2.87 bits per heavy atom. The largest absolute Gasteiger partial charge is 0.385 e. The number of aliphatic hydroxyl groups is 1. The number of amides is 2. The lowest BCUT2D eigenvalue weighted by atomic mass is 10.0. The normalized spacial score (nSPS) is 17.9. The number of aromatic nitrogens is 2. The third kappa shape index (κ3) is 5.36. The van der Waals surface area contributed by atoms with Crippen LogP contribution >= 0.6 is 0 Å². The second-order valence-electron chi connectivity index (χ2n) is 7.27. The van der Waals surface area contributed by atoms with Gasteiger partial charge in [-0.3, -0.25) is 9.59 Å². The maximum Gasteiger partial charge on any atom is 0.267 e. The number of likely N-dealkylation sites (tertiary alicyclic amines) is 1. The molecule has 31 heavy (non-hydrogen) atoms. The second kappa shape index (κ2) is 9.55. The fourth-order valence-electron chi connectivity index (χ4n) is 3.11. The first kappa shape index (κ1) is 22.2. The first-order chi connectivity index (χ1) is 14.8. The van der Waals surface area contributed by atoms with Crippen LogP contribution in [0.4, 0.5) is 5.82 Å². The van der Waals surface area contributed by atoms with E-state index >= 15 is 0 Å². The molecule has 2 amide bonds. The molecule has 0 spiro atoms. The van der Waals surface area contributed by atoms with Crippen molar-refractivity contribution in [3.8, 4) is 23.2 Å². The third-order valence-corrected chi connectivity index (χ3v) is 4.85. The van der Waals surface area contributed by atoms with Crippen LogP contribution in [-0.2, 0) is 9.53 Å². The topological polar surface area (TPSA) is 131 Å². The minimum Gasteiger partial charge on any atom is -0.385 e. The Morgan fingerprint density at radius 1 is 1.39 bits per heavy atom. The van der Waals surface area contributed by atoms with Gasteiger partial charge < -0.3 is 25.8 Å².